The van der Waals surface area contributed by atoms with Gasteiger partial charge in [-0.3, -0.25) is 9.59 Å². The van der Waals surface area contributed by atoms with Gasteiger partial charge < -0.3 is 19.3 Å². The lowest BCUT2D eigenvalue weighted by Gasteiger charge is -2.35. The number of halogens is 1. The molecular formula is C25H29FN2O4S. The summed E-state index contributed by atoms with van der Waals surface area (Å²) in [5.41, 5.74) is 1.43. The van der Waals surface area contributed by atoms with Gasteiger partial charge in [0.25, 0.3) is 5.91 Å². The number of thioether (sulfide) groups is 1. The standard InChI is InChI=1S/C25H29FN2O4S/c1-16-23(29)28(25(33-16)21-14-20(31-2)8-9-22(21)32-3)15-17-10-12-27(13-11-17)24(30)18-4-6-19(26)7-5-18/h4-9,14,16-17,25H,10-13,15H2,1-3H3/t16-,25+/m1/s1. The van der Waals surface area contributed by atoms with Crippen molar-refractivity contribution in [1.82, 2.24) is 9.80 Å². The van der Waals surface area contributed by atoms with E-state index in [-0.39, 0.29) is 28.3 Å². The predicted molar refractivity (Wildman–Crippen MR) is 126 cm³/mol. The first-order valence-corrected chi connectivity index (χ1v) is 12.1. The van der Waals surface area contributed by atoms with Gasteiger partial charge in [0, 0.05) is 30.8 Å². The van der Waals surface area contributed by atoms with E-state index in [1.807, 2.05) is 34.9 Å². The fourth-order valence-electron chi connectivity index (χ4n) is 4.51. The lowest BCUT2D eigenvalue weighted by atomic mass is 9.95. The van der Waals surface area contributed by atoms with Gasteiger partial charge in [0.15, 0.2) is 0 Å². The number of carbonyl (C=O) groups is 2. The third kappa shape index (κ3) is 4.95. The normalized spacial score (nSPS) is 21.4. The van der Waals surface area contributed by atoms with Crippen molar-refractivity contribution >= 4 is 23.6 Å². The molecule has 4 rings (SSSR count). The molecule has 0 bridgehead atoms. The number of rotatable bonds is 6. The van der Waals surface area contributed by atoms with Crippen LogP contribution in [0.2, 0.25) is 0 Å². The first kappa shape index (κ1) is 23.4. The molecule has 0 aliphatic carbocycles. The van der Waals surface area contributed by atoms with Crippen LogP contribution >= 0.6 is 11.8 Å². The van der Waals surface area contributed by atoms with E-state index >= 15 is 0 Å². The number of amides is 2. The molecule has 2 aliphatic heterocycles. The van der Waals surface area contributed by atoms with Crippen molar-refractivity contribution in [2.24, 2.45) is 5.92 Å². The Morgan fingerprint density at radius 2 is 1.79 bits per heavy atom. The number of benzene rings is 2. The van der Waals surface area contributed by atoms with Crippen LogP contribution in [0.5, 0.6) is 11.5 Å². The fraction of sp³-hybridized carbons (Fsp3) is 0.440. The van der Waals surface area contributed by atoms with E-state index in [0.29, 0.717) is 31.1 Å². The molecule has 0 aromatic heterocycles. The van der Waals surface area contributed by atoms with E-state index in [2.05, 4.69) is 0 Å². The summed E-state index contributed by atoms with van der Waals surface area (Å²) in [5, 5.41) is -0.275. The summed E-state index contributed by atoms with van der Waals surface area (Å²) in [4.78, 5) is 29.5. The molecule has 2 amide bonds. The minimum Gasteiger partial charge on any atom is -0.497 e. The van der Waals surface area contributed by atoms with Crippen LogP contribution in [0.3, 0.4) is 0 Å². The maximum absolute atomic E-state index is 13.2. The summed E-state index contributed by atoms with van der Waals surface area (Å²) in [6.45, 7) is 3.83. The highest BCUT2D eigenvalue weighted by molar-refractivity contribution is 8.01. The minimum absolute atomic E-state index is 0.0751. The van der Waals surface area contributed by atoms with Gasteiger partial charge >= 0.3 is 0 Å². The molecule has 0 unspecified atom stereocenters. The molecule has 2 aromatic carbocycles. The van der Waals surface area contributed by atoms with E-state index in [9.17, 15) is 14.0 Å². The smallest absolute Gasteiger partial charge is 0.253 e. The number of likely N-dealkylation sites (tertiary alicyclic amines) is 1. The molecule has 2 heterocycles. The highest BCUT2D eigenvalue weighted by Gasteiger charge is 2.41. The summed E-state index contributed by atoms with van der Waals surface area (Å²) in [5.74, 6) is 1.46. The Kier molecular flexibility index (Phi) is 7.12. The molecule has 176 valence electrons. The van der Waals surface area contributed by atoms with E-state index in [4.69, 9.17) is 9.47 Å². The maximum atomic E-state index is 13.2. The maximum Gasteiger partial charge on any atom is 0.253 e. The van der Waals surface area contributed by atoms with Crippen molar-refractivity contribution in [3.8, 4) is 11.5 Å². The van der Waals surface area contributed by atoms with Gasteiger partial charge in [-0.1, -0.05) is 0 Å². The lowest BCUT2D eigenvalue weighted by Crippen LogP contribution is -2.42. The second-order valence-corrected chi connectivity index (χ2v) is 9.90. The van der Waals surface area contributed by atoms with Crippen molar-refractivity contribution in [2.45, 2.75) is 30.4 Å². The molecule has 6 nitrogen and oxygen atoms in total. The van der Waals surface area contributed by atoms with Crippen molar-refractivity contribution in [1.29, 1.82) is 0 Å². The SMILES string of the molecule is COc1ccc(OC)c([C@@H]2S[C@H](C)C(=O)N2CC2CCN(C(=O)c3ccc(F)cc3)CC2)c1. The van der Waals surface area contributed by atoms with Crippen LogP contribution in [-0.2, 0) is 4.79 Å². The zero-order valence-corrected chi connectivity index (χ0v) is 19.9. The number of methoxy groups -OCH3 is 2. The summed E-state index contributed by atoms with van der Waals surface area (Å²) >= 11 is 1.62. The van der Waals surface area contributed by atoms with Crippen LogP contribution in [0.1, 0.15) is 41.1 Å². The number of ether oxygens (including phenoxy) is 2. The second kappa shape index (κ2) is 10.0. The average Bonchev–Trinajstić information content (AvgIpc) is 3.12. The number of nitrogens with zero attached hydrogens (tertiary/aromatic N) is 2. The zero-order chi connectivity index (χ0) is 23.5. The second-order valence-electron chi connectivity index (χ2n) is 8.47. The summed E-state index contributed by atoms with van der Waals surface area (Å²) in [7, 11) is 3.26. The Bertz CT molecular complexity index is 1010. The molecule has 33 heavy (non-hydrogen) atoms. The molecule has 2 saturated heterocycles. The van der Waals surface area contributed by atoms with Gasteiger partial charge in [-0.15, -0.1) is 11.8 Å². The Labute approximate surface area is 198 Å². The van der Waals surface area contributed by atoms with Crippen molar-refractivity contribution in [3.63, 3.8) is 0 Å². The van der Waals surface area contributed by atoms with Gasteiger partial charge in [0.1, 0.15) is 22.7 Å². The Balaban J connectivity index is 1.44. The molecule has 8 heteroatoms. The molecular weight excluding hydrogens is 443 g/mol. The Hall–Kier alpha value is -2.74. The van der Waals surface area contributed by atoms with E-state index in [1.165, 1.54) is 24.3 Å². The van der Waals surface area contributed by atoms with Gasteiger partial charge in [-0.05, 0) is 68.1 Å². The van der Waals surface area contributed by atoms with E-state index in [1.54, 1.807) is 26.0 Å². The number of carbonyl (C=O) groups excluding carboxylic acids is 2. The molecule has 2 fully saturated rings. The topological polar surface area (TPSA) is 59.1 Å². The fourth-order valence-corrected chi connectivity index (χ4v) is 5.81. The third-order valence-corrected chi connectivity index (χ3v) is 7.77. The van der Waals surface area contributed by atoms with Crippen molar-refractivity contribution in [3.05, 3.63) is 59.4 Å². The molecule has 0 N–H and O–H groups in total. The van der Waals surface area contributed by atoms with Gasteiger partial charge in [0.05, 0.1) is 19.5 Å². The highest BCUT2D eigenvalue weighted by Crippen LogP contribution is 2.47. The monoisotopic (exact) mass is 472 g/mol. The lowest BCUT2D eigenvalue weighted by molar-refractivity contribution is -0.130. The molecule has 2 aromatic rings. The van der Waals surface area contributed by atoms with E-state index < -0.39 is 0 Å². The van der Waals surface area contributed by atoms with Crippen LogP contribution in [-0.4, -0.2) is 60.7 Å². The van der Waals surface area contributed by atoms with Crippen molar-refractivity contribution in [2.75, 3.05) is 33.9 Å². The van der Waals surface area contributed by atoms with Crippen LogP contribution in [0, 0.1) is 11.7 Å². The third-order valence-electron chi connectivity index (χ3n) is 6.40. The molecule has 0 saturated carbocycles. The number of piperidine rings is 1. The van der Waals surface area contributed by atoms with Crippen LogP contribution < -0.4 is 9.47 Å². The minimum atomic E-state index is -0.352. The van der Waals surface area contributed by atoms with Crippen LogP contribution in [0.4, 0.5) is 4.39 Å². The van der Waals surface area contributed by atoms with Gasteiger partial charge in [-0.2, -0.15) is 0 Å². The summed E-state index contributed by atoms with van der Waals surface area (Å²) in [6, 6.07) is 11.3. The molecule has 2 aliphatic rings. The first-order valence-electron chi connectivity index (χ1n) is 11.1. The first-order chi connectivity index (χ1) is 15.9. The number of hydrogen-bond acceptors (Lipinski definition) is 5. The Morgan fingerprint density at radius 1 is 1.09 bits per heavy atom. The van der Waals surface area contributed by atoms with Crippen LogP contribution in [0.15, 0.2) is 42.5 Å². The van der Waals surface area contributed by atoms with E-state index in [0.717, 1.165) is 29.9 Å². The van der Waals surface area contributed by atoms with Crippen molar-refractivity contribution < 1.29 is 23.5 Å². The average molecular weight is 473 g/mol. The number of hydrogen-bond donors (Lipinski definition) is 0. The largest absolute Gasteiger partial charge is 0.497 e. The van der Waals surface area contributed by atoms with Gasteiger partial charge in [-0.25, -0.2) is 4.39 Å². The predicted octanol–water partition coefficient (Wildman–Crippen LogP) is 4.36. The van der Waals surface area contributed by atoms with Gasteiger partial charge in [0.2, 0.25) is 5.91 Å². The summed E-state index contributed by atoms with van der Waals surface area (Å²) < 4.78 is 24.2. The highest BCUT2D eigenvalue weighted by atomic mass is 32.2. The molecule has 0 radical (unpaired) electrons. The van der Waals surface area contributed by atoms with Crippen LogP contribution in [0.25, 0.3) is 0 Å². The summed E-state index contributed by atoms with van der Waals surface area (Å²) in [6.07, 6.45) is 1.63. The molecule has 2 atom stereocenters. The zero-order valence-electron chi connectivity index (χ0n) is 19.1. The Morgan fingerprint density at radius 3 is 2.42 bits per heavy atom. The quantitative estimate of drug-likeness (QED) is 0.625. The molecule has 0 spiro atoms.